The molecule has 6 heteroatoms. The van der Waals surface area contributed by atoms with E-state index in [1.807, 2.05) is 30.3 Å². The third kappa shape index (κ3) is 5.73. The highest BCUT2D eigenvalue weighted by Crippen LogP contribution is 2.26. The monoisotopic (exact) mass is 419 g/mol. The number of nitrogens with zero attached hydrogens (tertiary/aromatic N) is 1. The zero-order valence-corrected chi connectivity index (χ0v) is 17.7. The van der Waals surface area contributed by atoms with E-state index in [0.29, 0.717) is 6.54 Å². The van der Waals surface area contributed by atoms with Crippen LogP contribution < -0.4 is 15.8 Å². The lowest BCUT2D eigenvalue weighted by Gasteiger charge is -2.31. The first-order valence-corrected chi connectivity index (χ1v) is 10.9. The number of primary amides is 1. The molecular formula is C25H29N3O3. The minimum absolute atomic E-state index is 0.0544. The van der Waals surface area contributed by atoms with E-state index >= 15 is 0 Å². The minimum Gasteiger partial charge on any atom is -0.493 e. The summed E-state index contributed by atoms with van der Waals surface area (Å²) in [6.45, 7) is 3.68. The third-order valence-corrected chi connectivity index (χ3v) is 5.91. The average Bonchev–Trinajstić information content (AvgIpc) is 3.24. The van der Waals surface area contributed by atoms with Crippen molar-refractivity contribution in [2.75, 3.05) is 19.7 Å². The second-order valence-electron chi connectivity index (χ2n) is 8.31. The van der Waals surface area contributed by atoms with Gasteiger partial charge in [-0.2, -0.15) is 0 Å². The molecule has 0 bridgehead atoms. The van der Waals surface area contributed by atoms with Gasteiger partial charge in [-0.05, 0) is 59.8 Å². The van der Waals surface area contributed by atoms with Crippen molar-refractivity contribution in [2.24, 2.45) is 11.7 Å². The summed E-state index contributed by atoms with van der Waals surface area (Å²) >= 11 is 0. The Morgan fingerprint density at radius 2 is 2.06 bits per heavy atom. The Bertz CT molecular complexity index is 986. The maximum Gasteiger partial charge on any atom is 0.244 e. The largest absolute Gasteiger partial charge is 0.493 e. The molecule has 0 aromatic heterocycles. The van der Waals surface area contributed by atoms with Crippen LogP contribution in [0.3, 0.4) is 0 Å². The lowest BCUT2D eigenvalue weighted by molar-refractivity contribution is -0.123. The number of hydrogen-bond acceptors (Lipinski definition) is 4. The van der Waals surface area contributed by atoms with Gasteiger partial charge in [0.1, 0.15) is 5.75 Å². The van der Waals surface area contributed by atoms with Crippen molar-refractivity contribution in [3.05, 3.63) is 70.8 Å². The topological polar surface area (TPSA) is 84.7 Å². The zero-order chi connectivity index (χ0) is 21.6. The minimum atomic E-state index is -0.206. The molecule has 31 heavy (non-hydrogen) atoms. The number of fused-ring (bicyclic) bond motifs is 1. The van der Waals surface area contributed by atoms with Crippen LogP contribution in [0.1, 0.15) is 35.1 Å². The van der Waals surface area contributed by atoms with Crippen molar-refractivity contribution in [1.29, 1.82) is 0 Å². The van der Waals surface area contributed by atoms with Gasteiger partial charge in [-0.1, -0.05) is 30.3 Å². The third-order valence-electron chi connectivity index (χ3n) is 5.91. The molecule has 0 spiro atoms. The number of likely N-dealkylation sites (tertiary alicyclic amines) is 1. The van der Waals surface area contributed by atoms with Gasteiger partial charge in [0.25, 0.3) is 0 Å². The number of benzene rings is 2. The van der Waals surface area contributed by atoms with Crippen molar-refractivity contribution in [3.8, 4) is 5.75 Å². The van der Waals surface area contributed by atoms with E-state index < -0.39 is 0 Å². The molecule has 3 N–H and O–H groups in total. The molecule has 1 atom stereocenters. The van der Waals surface area contributed by atoms with Crippen LogP contribution in [-0.2, 0) is 29.1 Å². The molecule has 0 radical (unpaired) electrons. The number of rotatable bonds is 7. The molecule has 2 amide bonds. The summed E-state index contributed by atoms with van der Waals surface area (Å²) in [5, 5.41) is 2.95. The van der Waals surface area contributed by atoms with Crippen molar-refractivity contribution >= 4 is 17.9 Å². The van der Waals surface area contributed by atoms with E-state index in [2.05, 4.69) is 28.4 Å². The molecule has 4 rings (SSSR count). The van der Waals surface area contributed by atoms with E-state index in [1.165, 1.54) is 11.1 Å². The second kappa shape index (κ2) is 9.79. The van der Waals surface area contributed by atoms with E-state index in [0.717, 1.165) is 62.4 Å². The smallest absolute Gasteiger partial charge is 0.244 e. The fourth-order valence-corrected chi connectivity index (χ4v) is 4.26. The summed E-state index contributed by atoms with van der Waals surface area (Å²) < 4.78 is 5.51. The maximum atomic E-state index is 12.3. The Morgan fingerprint density at radius 1 is 1.19 bits per heavy atom. The van der Waals surface area contributed by atoms with Gasteiger partial charge >= 0.3 is 0 Å². The number of ether oxygens (including phenoxy) is 1. The first-order chi connectivity index (χ1) is 15.1. The molecule has 0 aliphatic carbocycles. The molecule has 1 fully saturated rings. The van der Waals surface area contributed by atoms with Crippen LogP contribution >= 0.6 is 0 Å². The molecule has 1 unspecified atom stereocenters. The van der Waals surface area contributed by atoms with E-state index in [4.69, 9.17) is 10.5 Å². The zero-order valence-electron chi connectivity index (χ0n) is 17.7. The number of hydrogen-bond donors (Lipinski definition) is 2. The van der Waals surface area contributed by atoms with Crippen LogP contribution in [0.2, 0.25) is 0 Å². The van der Waals surface area contributed by atoms with Crippen molar-refractivity contribution in [3.63, 3.8) is 0 Å². The summed E-state index contributed by atoms with van der Waals surface area (Å²) in [4.78, 5) is 26.0. The Kier molecular flexibility index (Phi) is 6.67. The number of carbonyl (C=O) groups excluding carboxylic acids is 2. The van der Waals surface area contributed by atoms with Gasteiger partial charge in [0.15, 0.2) is 0 Å². The van der Waals surface area contributed by atoms with Crippen molar-refractivity contribution in [1.82, 2.24) is 10.2 Å². The Balaban J connectivity index is 1.28. The van der Waals surface area contributed by atoms with Gasteiger partial charge < -0.3 is 15.8 Å². The number of piperidine rings is 1. The number of amides is 2. The van der Waals surface area contributed by atoms with Crippen LogP contribution in [0.4, 0.5) is 0 Å². The van der Waals surface area contributed by atoms with Crippen LogP contribution in [0, 0.1) is 5.92 Å². The lowest BCUT2D eigenvalue weighted by atomic mass is 9.97. The Morgan fingerprint density at radius 3 is 2.94 bits per heavy atom. The first kappa shape index (κ1) is 21.1. The van der Waals surface area contributed by atoms with Gasteiger partial charge in [-0.25, -0.2) is 0 Å². The van der Waals surface area contributed by atoms with Gasteiger partial charge in [0, 0.05) is 32.1 Å². The molecule has 2 heterocycles. The summed E-state index contributed by atoms with van der Waals surface area (Å²) in [7, 11) is 0. The van der Waals surface area contributed by atoms with E-state index in [9.17, 15) is 9.59 Å². The quantitative estimate of drug-likeness (QED) is 0.676. The number of nitrogens with two attached hydrogens (primary N) is 1. The van der Waals surface area contributed by atoms with Crippen LogP contribution in [-0.4, -0.2) is 36.4 Å². The SMILES string of the molecule is NC(=O)C1CCCN(Cc2cccc(CNC(=O)C=Cc3ccc4c(c3)CCO4)c2)C1. The fraction of sp³-hybridized carbons (Fsp3) is 0.360. The molecule has 6 nitrogen and oxygen atoms in total. The average molecular weight is 420 g/mol. The van der Waals surface area contributed by atoms with Gasteiger partial charge in [0.2, 0.25) is 11.8 Å². The first-order valence-electron chi connectivity index (χ1n) is 10.9. The van der Waals surface area contributed by atoms with Gasteiger partial charge in [0.05, 0.1) is 12.5 Å². The normalized spacial score (nSPS) is 18.5. The van der Waals surface area contributed by atoms with Crippen LogP contribution in [0.5, 0.6) is 5.75 Å². The van der Waals surface area contributed by atoms with Gasteiger partial charge in [-0.3, -0.25) is 14.5 Å². The Hall–Kier alpha value is -3.12. The summed E-state index contributed by atoms with van der Waals surface area (Å²) in [6, 6.07) is 14.2. The second-order valence-corrected chi connectivity index (χ2v) is 8.31. The molecule has 0 saturated carbocycles. The Labute approximate surface area is 183 Å². The molecule has 162 valence electrons. The number of carbonyl (C=O) groups is 2. The summed E-state index contributed by atoms with van der Waals surface area (Å²) in [5.41, 5.74) is 9.90. The van der Waals surface area contributed by atoms with E-state index in [1.54, 1.807) is 6.08 Å². The van der Waals surface area contributed by atoms with Crippen molar-refractivity contribution in [2.45, 2.75) is 32.4 Å². The standard InChI is InChI=1S/C25H29N3O3/c26-25(30)22-5-2-11-28(17-22)16-20-4-1-3-19(13-20)15-27-24(29)9-7-18-6-8-23-21(14-18)10-12-31-23/h1,3-4,6-9,13-14,22H,2,5,10-12,15-17H2,(H2,26,30)(H,27,29). The van der Waals surface area contributed by atoms with Gasteiger partial charge in [-0.15, -0.1) is 0 Å². The highest BCUT2D eigenvalue weighted by molar-refractivity contribution is 5.91. The van der Waals surface area contributed by atoms with Crippen molar-refractivity contribution < 1.29 is 14.3 Å². The highest BCUT2D eigenvalue weighted by Gasteiger charge is 2.23. The molecular weight excluding hydrogens is 390 g/mol. The van der Waals surface area contributed by atoms with E-state index in [-0.39, 0.29) is 17.7 Å². The molecule has 2 aromatic carbocycles. The molecule has 1 saturated heterocycles. The van der Waals surface area contributed by atoms with Crippen LogP contribution in [0.25, 0.3) is 6.08 Å². The maximum absolute atomic E-state index is 12.3. The summed E-state index contributed by atoms with van der Waals surface area (Å²) in [6.07, 6.45) is 6.19. The fourth-order valence-electron chi connectivity index (χ4n) is 4.26. The number of nitrogens with one attached hydrogen (secondary N) is 1. The predicted molar refractivity (Wildman–Crippen MR) is 120 cm³/mol. The molecule has 2 aliphatic heterocycles. The lowest BCUT2D eigenvalue weighted by Crippen LogP contribution is -2.40. The highest BCUT2D eigenvalue weighted by atomic mass is 16.5. The van der Waals surface area contributed by atoms with Crippen LogP contribution in [0.15, 0.2) is 48.5 Å². The molecule has 2 aliphatic rings. The predicted octanol–water partition coefficient (Wildman–Crippen LogP) is 2.65. The summed E-state index contributed by atoms with van der Waals surface area (Å²) in [5.74, 6) is 0.558. The molecule has 2 aromatic rings.